The zero-order valence-corrected chi connectivity index (χ0v) is 14.7. The summed E-state index contributed by atoms with van der Waals surface area (Å²) < 4.78 is 0. The number of nitrogens with zero attached hydrogens (tertiary/aromatic N) is 2. The fraction of sp³-hybridized carbons (Fsp3) is 0.500. The molecule has 3 heterocycles. The molecule has 134 valence electrons. The van der Waals surface area contributed by atoms with E-state index in [0.717, 1.165) is 29.4 Å². The Morgan fingerprint density at radius 3 is 3.04 bits per heavy atom. The van der Waals surface area contributed by atoms with Gasteiger partial charge in [-0.2, -0.15) is 0 Å². The Hall–Kier alpha value is -2.41. The molecule has 1 saturated heterocycles. The standard InChI is InChI=1S/C18H25N5O2/c1-12-11-23(6-4-15(12)22-10-17(24)19-2)18(25)7-13-8-21-16-9-20-5-3-14(13)16/h3,5,8-9,12,15,21-22H,4,6-7,10-11H2,1-2H3,(H,19,24). The molecule has 1 aliphatic rings. The first-order valence-electron chi connectivity index (χ1n) is 8.70. The number of aromatic amines is 1. The molecule has 2 aromatic rings. The fourth-order valence-electron chi connectivity index (χ4n) is 3.44. The summed E-state index contributed by atoms with van der Waals surface area (Å²) in [5, 5.41) is 6.96. The highest BCUT2D eigenvalue weighted by Crippen LogP contribution is 2.21. The van der Waals surface area contributed by atoms with Gasteiger partial charge < -0.3 is 20.5 Å². The second-order valence-electron chi connectivity index (χ2n) is 6.68. The Morgan fingerprint density at radius 1 is 1.44 bits per heavy atom. The van der Waals surface area contributed by atoms with Crippen LogP contribution in [0.5, 0.6) is 0 Å². The monoisotopic (exact) mass is 343 g/mol. The molecule has 0 saturated carbocycles. The first kappa shape index (κ1) is 17.4. The SMILES string of the molecule is CNC(=O)CNC1CCN(C(=O)Cc2c[nH]c3cnccc23)CC1C. The molecule has 1 aliphatic heterocycles. The zero-order chi connectivity index (χ0) is 17.8. The third kappa shape index (κ3) is 3.99. The van der Waals surface area contributed by atoms with Crippen LogP contribution >= 0.6 is 0 Å². The molecule has 0 aliphatic carbocycles. The molecule has 0 spiro atoms. The molecule has 7 heteroatoms. The fourth-order valence-corrected chi connectivity index (χ4v) is 3.44. The van der Waals surface area contributed by atoms with Crippen LogP contribution < -0.4 is 10.6 Å². The summed E-state index contributed by atoms with van der Waals surface area (Å²) in [5.41, 5.74) is 1.96. The summed E-state index contributed by atoms with van der Waals surface area (Å²) in [6, 6.07) is 2.20. The van der Waals surface area contributed by atoms with Crippen LogP contribution in [-0.4, -0.2) is 59.4 Å². The maximum Gasteiger partial charge on any atom is 0.233 e. The lowest BCUT2D eigenvalue weighted by molar-refractivity contribution is -0.132. The van der Waals surface area contributed by atoms with Crippen molar-refractivity contribution in [3.63, 3.8) is 0 Å². The number of pyridine rings is 1. The molecular formula is C18H25N5O2. The average Bonchev–Trinajstić information content (AvgIpc) is 3.03. The van der Waals surface area contributed by atoms with Crippen molar-refractivity contribution < 1.29 is 9.59 Å². The van der Waals surface area contributed by atoms with Gasteiger partial charge >= 0.3 is 0 Å². The number of rotatable bonds is 5. The third-order valence-corrected chi connectivity index (χ3v) is 4.97. The van der Waals surface area contributed by atoms with Crippen molar-refractivity contribution in [3.05, 3.63) is 30.2 Å². The summed E-state index contributed by atoms with van der Waals surface area (Å²) >= 11 is 0. The molecule has 7 nitrogen and oxygen atoms in total. The Balaban J connectivity index is 1.56. The smallest absolute Gasteiger partial charge is 0.233 e. The van der Waals surface area contributed by atoms with E-state index in [-0.39, 0.29) is 17.9 Å². The number of H-pyrrole nitrogens is 1. The van der Waals surface area contributed by atoms with Crippen LogP contribution in [0, 0.1) is 5.92 Å². The summed E-state index contributed by atoms with van der Waals surface area (Å²) in [6.07, 6.45) is 6.67. The van der Waals surface area contributed by atoms with Crippen LogP contribution in [0.25, 0.3) is 10.9 Å². The van der Waals surface area contributed by atoms with Crippen molar-refractivity contribution in [3.8, 4) is 0 Å². The zero-order valence-electron chi connectivity index (χ0n) is 14.7. The predicted octanol–water partition coefficient (Wildman–Crippen LogP) is 0.678. The number of nitrogens with one attached hydrogen (secondary N) is 3. The van der Waals surface area contributed by atoms with E-state index in [1.54, 1.807) is 19.4 Å². The lowest BCUT2D eigenvalue weighted by Gasteiger charge is -2.37. The first-order chi connectivity index (χ1) is 12.1. The van der Waals surface area contributed by atoms with Crippen molar-refractivity contribution in [1.82, 2.24) is 25.5 Å². The molecular weight excluding hydrogens is 318 g/mol. The maximum atomic E-state index is 12.7. The van der Waals surface area contributed by atoms with Gasteiger partial charge in [0.2, 0.25) is 11.8 Å². The van der Waals surface area contributed by atoms with Crippen molar-refractivity contribution in [1.29, 1.82) is 0 Å². The van der Waals surface area contributed by atoms with Crippen molar-refractivity contribution in [2.75, 3.05) is 26.7 Å². The minimum atomic E-state index is -0.0143. The predicted molar refractivity (Wildman–Crippen MR) is 96.0 cm³/mol. The Kier molecular flexibility index (Phi) is 5.33. The summed E-state index contributed by atoms with van der Waals surface area (Å²) in [4.78, 5) is 33.2. The van der Waals surface area contributed by atoms with E-state index >= 15 is 0 Å². The van der Waals surface area contributed by atoms with Gasteiger partial charge in [-0.3, -0.25) is 14.6 Å². The quantitative estimate of drug-likeness (QED) is 0.745. The number of likely N-dealkylation sites (tertiary alicyclic amines) is 1. The van der Waals surface area contributed by atoms with Crippen LogP contribution in [0.2, 0.25) is 0 Å². The molecule has 0 bridgehead atoms. The van der Waals surface area contributed by atoms with E-state index in [1.165, 1.54) is 0 Å². The molecule has 2 amide bonds. The number of hydrogen-bond acceptors (Lipinski definition) is 4. The molecule has 0 radical (unpaired) electrons. The first-order valence-corrected chi connectivity index (χ1v) is 8.70. The minimum absolute atomic E-state index is 0.0143. The lowest BCUT2D eigenvalue weighted by Crippen LogP contribution is -2.52. The van der Waals surface area contributed by atoms with E-state index < -0.39 is 0 Å². The highest BCUT2D eigenvalue weighted by molar-refractivity contribution is 5.88. The molecule has 25 heavy (non-hydrogen) atoms. The van der Waals surface area contributed by atoms with E-state index in [2.05, 4.69) is 27.5 Å². The van der Waals surface area contributed by atoms with Gasteiger partial charge in [0.15, 0.2) is 0 Å². The molecule has 2 aromatic heterocycles. The summed E-state index contributed by atoms with van der Waals surface area (Å²) in [5.74, 6) is 0.448. The maximum absolute atomic E-state index is 12.7. The van der Waals surface area contributed by atoms with Crippen molar-refractivity contribution in [2.24, 2.45) is 5.92 Å². The number of likely N-dealkylation sites (N-methyl/N-ethyl adjacent to an activating group) is 1. The van der Waals surface area contributed by atoms with Crippen molar-refractivity contribution in [2.45, 2.75) is 25.8 Å². The van der Waals surface area contributed by atoms with Gasteiger partial charge in [0.25, 0.3) is 0 Å². The molecule has 2 unspecified atom stereocenters. The summed E-state index contributed by atoms with van der Waals surface area (Å²) in [7, 11) is 1.63. The largest absolute Gasteiger partial charge is 0.360 e. The van der Waals surface area contributed by atoms with Crippen LogP contribution in [0.15, 0.2) is 24.7 Å². The number of fused-ring (bicyclic) bond motifs is 1. The number of carbonyl (C=O) groups is 2. The minimum Gasteiger partial charge on any atom is -0.360 e. The van der Waals surface area contributed by atoms with Gasteiger partial charge in [0.05, 0.1) is 24.7 Å². The number of hydrogen-bond donors (Lipinski definition) is 3. The Morgan fingerprint density at radius 2 is 2.28 bits per heavy atom. The van der Waals surface area contributed by atoms with Crippen molar-refractivity contribution >= 4 is 22.7 Å². The Bertz CT molecular complexity index is 757. The second-order valence-corrected chi connectivity index (χ2v) is 6.68. The van der Waals surface area contributed by atoms with E-state index in [1.807, 2.05) is 17.2 Å². The van der Waals surface area contributed by atoms with Gasteiger partial charge in [-0.15, -0.1) is 0 Å². The van der Waals surface area contributed by atoms with Crippen LogP contribution in [-0.2, 0) is 16.0 Å². The van der Waals surface area contributed by atoms with Crippen LogP contribution in [0.3, 0.4) is 0 Å². The molecule has 3 rings (SSSR count). The topological polar surface area (TPSA) is 90.1 Å². The van der Waals surface area contributed by atoms with Gasteiger partial charge in [-0.05, 0) is 24.0 Å². The van der Waals surface area contributed by atoms with E-state index in [9.17, 15) is 9.59 Å². The van der Waals surface area contributed by atoms with Gasteiger partial charge in [-0.1, -0.05) is 6.92 Å². The highest BCUT2D eigenvalue weighted by atomic mass is 16.2. The molecule has 2 atom stereocenters. The summed E-state index contributed by atoms with van der Waals surface area (Å²) in [6.45, 7) is 3.88. The average molecular weight is 343 g/mol. The Labute approximate surface area is 147 Å². The number of aromatic nitrogens is 2. The van der Waals surface area contributed by atoms with Crippen LogP contribution in [0.4, 0.5) is 0 Å². The molecule has 1 fully saturated rings. The van der Waals surface area contributed by atoms with Gasteiger partial charge in [0, 0.05) is 44.0 Å². The van der Waals surface area contributed by atoms with E-state index in [0.29, 0.717) is 25.4 Å². The van der Waals surface area contributed by atoms with E-state index in [4.69, 9.17) is 0 Å². The lowest BCUT2D eigenvalue weighted by atomic mass is 9.93. The number of carbonyl (C=O) groups excluding carboxylic acids is 2. The number of piperidine rings is 1. The number of amides is 2. The normalized spacial score (nSPS) is 20.6. The van der Waals surface area contributed by atoms with Crippen LogP contribution in [0.1, 0.15) is 18.9 Å². The van der Waals surface area contributed by atoms with Gasteiger partial charge in [-0.25, -0.2) is 0 Å². The second kappa shape index (κ2) is 7.65. The highest BCUT2D eigenvalue weighted by Gasteiger charge is 2.28. The molecule has 3 N–H and O–H groups in total. The molecule has 0 aromatic carbocycles. The van der Waals surface area contributed by atoms with Gasteiger partial charge in [0.1, 0.15) is 0 Å². The third-order valence-electron chi connectivity index (χ3n) is 4.97.